The highest BCUT2D eigenvalue weighted by Crippen LogP contribution is 2.26. The third-order valence-corrected chi connectivity index (χ3v) is 4.91. The molecule has 0 atom stereocenters. The van der Waals surface area contributed by atoms with Crippen LogP contribution in [0.5, 0.6) is 11.5 Å². The standard InChI is InChI=1S/C22H34N2O5/c1-22(2,3)29-21(26)24-12-10-17(11-13-24)16-20(25)23(4)14-15-28-19-9-7-6-8-18(19)27-5/h6-9,17H,10-16H2,1-5H3. The van der Waals surface area contributed by atoms with E-state index in [0.29, 0.717) is 50.1 Å². The van der Waals surface area contributed by atoms with Crippen molar-refractivity contribution in [1.29, 1.82) is 0 Å². The van der Waals surface area contributed by atoms with E-state index in [1.54, 1.807) is 24.0 Å². The number of benzene rings is 1. The first-order chi connectivity index (χ1) is 13.7. The van der Waals surface area contributed by atoms with Gasteiger partial charge < -0.3 is 24.0 Å². The Morgan fingerprint density at radius 1 is 1.14 bits per heavy atom. The molecule has 0 bridgehead atoms. The Kier molecular flexibility index (Phi) is 8.17. The zero-order valence-electron chi connectivity index (χ0n) is 18.3. The predicted molar refractivity (Wildman–Crippen MR) is 111 cm³/mol. The van der Waals surface area contributed by atoms with E-state index in [4.69, 9.17) is 14.2 Å². The van der Waals surface area contributed by atoms with Crippen LogP contribution in [0.1, 0.15) is 40.0 Å². The highest BCUT2D eigenvalue weighted by molar-refractivity contribution is 5.76. The summed E-state index contributed by atoms with van der Waals surface area (Å²) in [6, 6.07) is 7.46. The fourth-order valence-corrected chi connectivity index (χ4v) is 3.20. The van der Waals surface area contributed by atoms with Gasteiger partial charge in [-0.2, -0.15) is 0 Å². The van der Waals surface area contributed by atoms with Crippen LogP contribution in [-0.4, -0.2) is 67.8 Å². The van der Waals surface area contributed by atoms with Crippen LogP contribution in [0.25, 0.3) is 0 Å². The van der Waals surface area contributed by atoms with Crippen molar-refractivity contribution in [1.82, 2.24) is 9.80 Å². The molecule has 1 saturated heterocycles. The molecule has 0 radical (unpaired) electrons. The first-order valence-electron chi connectivity index (χ1n) is 10.2. The van der Waals surface area contributed by atoms with Gasteiger partial charge in [0.15, 0.2) is 11.5 Å². The average molecular weight is 407 g/mol. The second-order valence-corrected chi connectivity index (χ2v) is 8.43. The summed E-state index contributed by atoms with van der Waals surface area (Å²) in [6.45, 7) is 7.77. The molecule has 162 valence electrons. The molecule has 1 heterocycles. The van der Waals surface area contributed by atoms with Crippen LogP contribution >= 0.6 is 0 Å². The number of likely N-dealkylation sites (N-methyl/N-ethyl adjacent to an activating group) is 1. The number of nitrogens with zero attached hydrogens (tertiary/aromatic N) is 2. The Balaban J connectivity index is 1.70. The zero-order valence-corrected chi connectivity index (χ0v) is 18.3. The minimum absolute atomic E-state index is 0.101. The van der Waals surface area contributed by atoms with Gasteiger partial charge in [0, 0.05) is 26.6 Å². The molecule has 0 spiro atoms. The normalized spacial score (nSPS) is 15.0. The molecule has 1 fully saturated rings. The van der Waals surface area contributed by atoms with E-state index in [1.807, 2.05) is 45.0 Å². The van der Waals surface area contributed by atoms with Gasteiger partial charge in [-0.15, -0.1) is 0 Å². The van der Waals surface area contributed by atoms with Crippen molar-refractivity contribution in [3.63, 3.8) is 0 Å². The molecule has 0 N–H and O–H groups in total. The average Bonchev–Trinajstić information content (AvgIpc) is 2.67. The number of amides is 2. The van der Waals surface area contributed by atoms with Gasteiger partial charge in [0.2, 0.25) is 5.91 Å². The summed E-state index contributed by atoms with van der Waals surface area (Å²) in [7, 11) is 3.40. The first-order valence-corrected chi connectivity index (χ1v) is 10.2. The molecule has 0 unspecified atom stereocenters. The van der Waals surface area contributed by atoms with Crippen LogP contribution in [-0.2, 0) is 9.53 Å². The molecule has 0 saturated carbocycles. The van der Waals surface area contributed by atoms with E-state index in [9.17, 15) is 9.59 Å². The Morgan fingerprint density at radius 3 is 2.34 bits per heavy atom. The molecule has 0 aromatic heterocycles. The number of carbonyl (C=O) groups is 2. The van der Waals surface area contributed by atoms with Gasteiger partial charge in [0.25, 0.3) is 0 Å². The fourth-order valence-electron chi connectivity index (χ4n) is 3.20. The predicted octanol–water partition coefficient (Wildman–Crippen LogP) is 3.57. The van der Waals surface area contributed by atoms with Crippen molar-refractivity contribution >= 4 is 12.0 Å². The Bertz CT molecular complexity index is 678. The van der Waals surface area contributed by atoms with Crippen molar-refractivity contribution < 1.29 is 23.8 Å². The molecule has 2 amide bonds. The quantitative estimate of drug-likeness (QED) is 0.692. The van der Waals surface area contributed by atoms with E-state index >= 15 is 0 Å². The highest BCUT2D eigenvalue weighted by atomic mass is 16.6. The maximum atomic E-state index is 12.5. The number of hydrogen-bond acceptors (Lipinski definition) is 5. The number of piperidine rings is 1. The Hall–Kier alpha value is -2.44. The van der Waals surface area contributed by atoms with Crippen molar-refractivity contribution in [3.8, 4) is 11.5 Å². The second kappa shape index (κ2) is 10.4. The number of methoxy groups -OCH3 is 1. The lowest BCUT2D eigenvalue weighted by Gasteiger charge is -2.33. The highest BCUT2D eigenvalue weighted by Gasteiger charge is 2.28. The minimum Gasteiger partial charge on any atom is -0.493 e. The first kappa shape index (κ1) is 22.8. The van der Waals surface area contributed by atoms with Gasteiger partial charge in [-0.3, -0.25) is 4.79 Å². The summed E-state index contributed by atoms with van der Waals surface area (Å²) in [5.41, 5.74) is -0.488. The van der Waals surface area contributed by atoms with E-state index < -0.39 is 5.60 Å². The Labute approximate surface area is 173 Å². The maximum Gasteiger partial charge on any atom is 0.410 e. The number of ether oxygens (including phenoxy) is 3. The van der Waals surface area contributed by atoms with Crippen molar-refractivity contribution in [2.45, 2.75) is 45.6 Å². The van der Waals surface area contributed by atoms with E-state index in [2.05, 4.69) is 0 Å². The van der Waals surface area contributed by atoms with Crippen molar-refractivity contribution in [3.05, 3.63) is 24.3 Å². The van der Waals surface area contributed by atoms with Crippen LogP contribution in [0, 0.1) is 5.92 Å². The van der Waals surface area contributed by atoms with Crippen LogP contribution in [0.15, 0.2) is 24.3 Å². The summed E-state index contributed by atoms with van der Waals surface area (Å²) < 4.78 is 16.4. The van der Waals surface area contributed by atoms with Crippen LogP contribution < -0.4 is 9.47 Å². The molecule has 1 aromatic rings. The molecule has 2 rings (SSSR count). The number of hydrogen-bond donors (Lipinski definition) is 0. The fraction of sp³-hybridized carbons (Fsp3) is 0.636. The zero-order chi connectivity index (χ0) is 21.4. The molecule has 0 aliphatic carbocycles. The third kappa shape index (κ3) is 7.48. The summed E-state index contributed by atoms with van der Waals surface area (Å²) in [4.78, 5) is 28.1. The minimum atomic E-state index is -0.488. The van der Waals surface area contributed by atoms with Gasteiger partial charge in [-0.25, -0.2) is 4.79 Å². The summed E-state index contributed by atoms with van der Waals surface area (Å²) in [6.07, 6.45) is 1.85. The molecule has 1 aliphatic heterocycles. The third-order valence-electron chi connectivity index (χ3n) is 4.91. The second-order valence-electron chi connectivity index (χ2n) is 8.43. The smallest absolute Gasteiger partial charge is 0.410 e. The monoisotopic (exact) mass is 406 g/mol. The number of likely N-dealkylation sites (tertiary alicyclic amines) is 1. The number of carbonyl (C=O) groups excluding carboxylic acids is 2. The lowest BCUT2D eigenvalue weighted by Crippen LogP contribution is -2.42. The SMILES string of the molecule is COc1ccccc1OCCN(C)C(=O)CC1CCN(C(=O)OC(C)(C)C)CC1. The van der Waals surface area contributed by atoms with Crippen LogP contribution in [0.4, 0.5) is 4.79 Å². The van der Waals surface area contributed by atoms with Crippen LogP contribution in [0.2, 0.25) is 0 Å². The van der Waals surface area contributed by atoms with Gasteiger partial charge in [0.05, 0.1) is 13.7 Å². The summed E-state index contributed by atoms with van der Waals surface area (Å²) in [5.74, 6) is 1.74. The molecule has 7 nitrogen and oxygen atoms in total. The molecule has 1 aliphatic rings. The Morgan fingerprint density at radius 2 is 1.76 bits per heavy atom. The molecule has 29 heavy (non-hydrogen) atoms. The molecule has 1 aromatic carbocycles. The van der Waals surface area contributed by atoms with Crippen LogP contribution in [0.3, 0.4) is 0 Å². The maximum absolute atomic E-state index is 12.5. The summed E-state index contributed by atoms with van der Waals surface area (Å²) in [5, 5.41) is 0. The molecular formula is C22H34N2O5. The van der Waals surface area contributed by atoms with Crippen molar-refractivity contribution in [2.75, 3.05) is 40.4 Å². The number of rotatable bonds is 7. The lowest BCUT2D eigenvalue weighted by molar-refractivity contribution is -0.131. The van der Waals surface area contributed by atoms with Gasteiger partial charge >= 0.3 is 6.09 Å². The van der Waals surface area contributed by atoms with Gasteiger partial charge in [-0.05, 0) is 51.7 Å². The van der Waals surface area contributed by atoms with Gasteiger partial charge in [0.1, 0.15) is 12.2 Å². The molecule has 7 heteroatoms. The van der Waals surface area contributed by atoms with Gasteiger partial charge in [-0.1, -0.05) is 12.1 Å². The van der Waals surface area contributed by atoms with E-state index in [1.165, 1.54) is 0 Å². The van der Waals surface area contributed by atoms with E-state index in [0.717, 1.165) is 12.8 Å². The van der Waals surface area contributed by atoms with E-state index in [-0.39, 0.29) is 12.0 Å². The largest absolute Gasteiger partial charge is 0.493 e. The lowest BCUT2D eigenvalue weighted by atomic mass is 9.93. The van der Waals surface area contributed by atoms with Crippen molar-refractivity contribution in [2.24, 2.45) is 5.92 Å². The number of para-hydroxylation sites is 2. The summed E-state index contributed by atoms with van der Waals surface area (Å²) >= 11 is 0. The topological polar surface area (TPSA) is 68.3 Å². The molecular weight excluding hydrogens is 372 g/mol.